The zero-order valence-corrected chi connectivity index (χ0v) is 9.54. The molecule has 2 rings (SSSR count). The number of hydrogen-bond acceptors (Lipinski definition) is 1. The maximum atomic E-state index is 5.29. The third-order valence-corrected chi connectivity index (χ3v) is 2.98. The zero-order chi connectivity index (χ0) is 10.5. The van der Waals surface area contributed by atoms with Crippen LogP contribution in [-0.2, 0) is 11.2 Å². The number of aryl methyl sites for hydroxylation is 1. The highest BCUT2D eigenvalue weighted by Crippen LogP contribution is 2.30. The number of epoxide rings is 1. The van der Waals surface area contributed by atoms with E-state index in [1.807, 2.05) is 0 Å². The van der Waals surface area contributed by atoms with Gasteiger partial charge in [-0.15, -0.1) is 0 Å². The molecule has 0 radical (unpaired) electrons. The molecule has 0 saturated carbocycles. The highest BCUT2D eigenvalue weighted by Gasteiger charge is 2.24. The second-order valence-electron chi connectivity index (χ2n) is 4.38. The predicted molar refractivity (Wildman–Crippen MR) is 63.0 cm³/mol. The van der Waals surface area contributed by atoms with Crippen LogP contribution in [0.4, 0.5) is 0 Å². The Morgan fingerprint density at radius 1 is 1.27 bits per heavy atom. The van der Waals surface area contributed by atoms with Crippen LogP contribution in [0.3, 0.4) is 0 Å². The third kappa shape index (κ3) is 3.35. The van der Waals surface area contributed by atoms with E-state index >= 15 is 0 Å². The number of rotatable bonds is 6. The molecule has 0 aliphatic carbocycles. The summed E-state index contributed by atoms with van der Waals surface area (Å²) in [5, 5.41) is 0. The third-order valence-electron chi connectivity index (χ3n) is 2.98. The Morgan fingerprint density at radius 3 is 2.87 bits per heavy atom. The van der Waals surface area contributed by atoms with Crippen LogP contribution in [-0.4, -0.2) is 6.61 Å². The van der Waals surface area contributed by atoms with Gasteiger partial charge >= 0.3 is 0 Å². The Balaban J connectivity index is 1.82. The van der Waals surface area contributed by atoms with Gasteiger partial charge in [0.25, 0.3) is 0 Å². The minimum absolute atomic E-state index is 0.403. The van der Waals surface area contributed by atoms with Crippen molar-refractivity contribution >= 4 is 0 Å². The topological polar surface area (TPSA) is 12.5 Å². The molecule has 1 fully saturated rings. The molecule has 1 heterocycles. The molecule has 1 atom stereocenters. The Hall–Kier alpha value is -0.820. The fraction of sp³-hybridized carbons (Fsp3) is 0.571. The number of unbranched alkanes of at least 4 members (excludes halogenated alkanes) is 3. The monoisotopic (exact) mass is 204 g/mol. The Labute approximate surface area is 92.5 Å². The Kier molecular flexibility index (Phi) is 3.79. The van der Waals surface area contributed by atoms with E-state index in [9.17, 15) is 0 Å². The molecule has 1 aromatic carbocycles. The molecular formula is C14H20O. The van der Waals surface area contributed by atoms with Crippen molar-refractivity contribution in [1.29, 1.82) is 0 Å². The van der Waals surface area contributed by atoms with Gasteiger partial charge < -0.3 is 4.74 Å². The maximum absolute atomic E-state index is 5.29. The molecular weight excluding hydrogens is 184 g/mol. The van der Waals surface area contributed by atoms with E-state index in [4.69, 9.17) is 4.74 Å². The van der Waals surface area contributed by atoms with E-state index in [0.29, 0.717) is 6.10 Å². The van der Waals surface area contributed by atoms with Crippen LogP contribution in [0.2, 0.25) is 0 Å². The van der Waals surface area contributed by atoms with Crippen molar-refractivity contribution < 1.29 is 4.74 Å². The number of benzene rings is 1. The summed E-state index contributed by atoms with van der Waals surface area (Å²) in [5.74, 6) is 0. The fourth-order valence-electron chi connectivity index (χ4n) is 1.95. The Bertz CT molecular complexity index is 302. The molecule has 0 bridgehead atoms. The zero-order valence-electron chi connectivity index (χ0n) is 9.54. The van der Waals surface area contributed by atoms with Gasteiger partial charge in [-0.05, 0) is 24.0 Å². The molecule has 1 aliphatic rings. The molecule has 0 N–H and O–H groups in total. The highest BCUT2D eigenvalue weighted by molar-refractivity contribution is 5.27. The quantitative estimate of drug-likeness (QED) is 0.506. The van der Waals surface area contributed by atoms with Crippen molar-refractivity contribution in [1.82, 2.24) is 0 Å². The van der Waals surface area contributed by atoms with E-state index in [1.54, 1.807) is 0 Å². The minimum Gasteiger partial charge on any atom is -0.368 e. The first-order chi connectivity index (χ1) is 7.40. The van der Waals surface area contributed by atoms with Crippen molar-refractivity contribution in [3.63, 3.8) is 0 Å². The van der Waals surface area contributed by atoms with Crippen LogP contribution in [0.25, 0.3) is 0 Å². The van der Waals surface area contributed by atoms with Gasteiger partial charge in [0.15, 0.2) is 0 Å². The first-order valence-corrected chi connectivity index (χ1v) is 6.10. The van der Waals surface area contributed by atoms with Gasteiger partial charge in [0.2, 0.25) is 0 Å². The van der Waals surface area contributed by atoms with Gasteiger partial charge in [0.1, 0.15) is 6.10 Å². The fourth-order valence-corrected chi connectivity index (χ4v) is 1.95. The van der Waals surface area contributed by atoms with Crippen LogP contribution < -0.4 is 0 Å². The second-order valence-corrected chi connectivity index (χ2v) is 4.38. The highest BCUT2D eigenvalue weighted by atomic mass is 16.6. The Morgan fingerprint density at radius 2 is 2.13 bits per heavy atom. The SMILES string of the molecule is CCCCCCc1cccc(C2CO2)c1. The summed E-state index contributed by atoms with van der Waals surface area (Å²) in [6.07, 6.45) is 6.99. The largest absolute Gasteiger partial charge is 0.368 e. The number of ether oxygens (including phenoxy) is 1. The van der Waals surface area contributed by atoms with E-state index in [2.05, 4.69) is 31.2 Å². The van der Waals surface area contributed by atoms with Gasteiger partial charge in [-0.3, -0.25) is 0 Å². The lowest BCUT2D eigenvalue weighted by molar-refractivity contribution is 0.415. The molecule has 1 aromatic rings. The van der Waals surface area contributed by atoms with Crippen molar-refractivity contribution in [2.24, 2.45) is 0 Å². The lowest BCUT2D eigenvalue weighted by Gasteiger charge is -2.03. The van der Waals surface area contributed by atoms with Gasteiger partial charge in [-0.2, -0.15) is 0 Å². The lowest BCUT2D eigenvalue weighted by atomic mass is 10.0. The maximum Gasteiger partial charge on any atom is 0.106 e. The molecule has 1 heteroatoms. The van der Waals surface area contributed by atoms with Crippen LogP contribution in [0, 0.1) is 0 Å². The minimum atomic E-state index is 0.403. The van der Waals surface area contributed by atoms with Crippen LogP contribution in [0.15, 0.2) is 24.3 Å². The van der Waals surface area contributed by atoms with E-state index in [0.717, 1.165) is 6.61 Å². The molecule has 0 amide bonds. The summed E-state index contributed by atoms with van der Waals surface area (Å²) in [7, 11) is 0. The lowest BCUT2D eigenvalue weighted by Crippen LogP contribution is -1.88. The summed E-state index contributed by atoms with van der Waals surface area (Å²) < 4.78 is 5.29. The van der Waals surface area contributed by atoms with Gasteiger partial charge in [0, 0.05) is 0 Å². The van der Waals surface area contributed by atoms with Crippen molar-refractivity contribution in [2.75, 3.05) is 6.61 Å². The molecule has 1 unspecified atom stereocenters. The first kappa shape index (κ1) is 10.7. The summed E-state index contributed by atoms with van der Waals surface area (Å²) in [4.78, 5) is 0. The summed E-state index contributed by atoms with van der Waals surface area (Å²) in [6.45, 7) is 3.17. The summed E-state index contributed by atoms with van der Waals surface area (Å²) >= 11 is 0. The normalized spacial score (nSPS) is 19.1. The van der Waals surface area contributed by atoms with Gasteiger partial charge in [-0.1, -0.05) is 50.5 Å². The average molecular weight is 204 g/mol. The average Bonchev–Trinajstić information content (AvgIpc) is 3.09. The molecule has 82 valence electrons. The molecule has 0 spiro atoms. The van der Waals surface area contributed by atoms with Crippen molar-refractivity contribution in [3.05, 3.63) is 35.4 Å². The predicted octanol–water partition coefficient (Wildman–Crippen LogP) is 3.88. The standard InChI is InChI=1S/C14H20O/c1-2-3-4-5-7-12-8-6-9-13(10-12)14-11-15-14/h6,8-10,14H,2-5,7,11H2,1H3. The van der Waals surface area contributed by atoms with Crippen LogP contribution in [0.5, 0.6) is 0 Å². The van der Waals surface area contributed by atoms with E-state index in [-0.39, 0.29) is 0 Å². The van der Waals surface area contributed by atoms with Crippen LogP contribution in [0.1, 0.15) is 49.8 Å². The smallest absolute Gasteiger partial charge is 0.106 e. The second kappa shape index (κ2) is 5.32. The van der Waals surface area contributed by atoms with Gasteiger partial charge in [0.05, 0.1) is 6.61 Å². The van der Waals surface area contributed by atoms with Crippen molar-refractivity contribution in [3.8, 4) is 0 Å². The molecule has 1 nitrogen and oxygen atoms in total. The molecule has 0 aromatic heterocycles. The van der Waals surface area contributed by atoms with Crippen LogP contribution >= 0.6 is 0 Å². The molecule has 1 aliphatic heterocycles. The van der Waals surface area contributed by atoms with Crippen molar-refractivity contribution in [2.45, 2.75) is 45.1 Å². The van der Waals surface area contributed by atoms with E-state index < -0.39 is 0 Å². The first-order valence-electron chi connectivity index (χ1n) is 6.10. The van der Waals surface area contributed by atoms with E-state index in [1.165, 1.54) is 43.2 Å². The molecule has 1 saturated heterocycles. The van der Waals surface area contributed by atoms with Gasteiger partial charge in [-0.25, -0.2) is 0 Å². The summed E-state index contributed by atoms with van der Waals surface area (Å²) in [6, 6.07) is 8.88. The number of hydrogen-bond donors (Lipinski definition) is 0. The molecule has 15 heavy (non-hydrogen) atoms. The summed E-state index contributed by atoms with van der Waals surface area (Å²) in [5.41, 5.74) is 2.84.